The van der Waals surface area contributed by atoms with Crippen molar-refractivity contribution in [1.29, 1.82) is 0 Å². The van der Waals surface area contributed by atoms with Crippen LogP contribution in [0.25, 0.3) is 0 Å². The third-order valence-electron chi connectivity index (χ3n) is 4.77. The van der Waals surface area contributed by atoms with Crippen LogP contribution in [0.5, 0.6) is 0 Å². The van der Waals surface area contributed by atoms with Crippen LogP contribution in [0, 0.1) is 0 Å². The first kappa shape index (κ1) is 17.2. The number of carbonyl (C=O) groups is 2. The lowest BCUT2D eigenvalue weighted by molar-refractivity contribution is -0.00496. The van der Waals surface area contributed by atoms with Crippen LogP contribution in [-0.2, 0) is 15.9 Å². The Hall–Kier alpha value is -3.26. The van der Waals surface area contributed by atoms with Gasteiger partial charge < -0.3 is 9.47 Å². The van der Waals surface area contributed by atoms with Gasteiger partial charge in [-0.3, -0.25) is 0 Å². The summed E-state index contributed by atoms with van der Waals surface area (Å²) in [6.07, 6.45) is -1.05. The number of methoxy groups -OCH3 is 2. The Morgan fingerprint density at radius 3 is 2.30 bits per heavy atom. The molecule has 0 bridgehead atoms. The topological polar surface area (TPSA) is 65.6 Å². The van der Waals surface area contributed by atoms with E-state index < -0.39 is 18.4 Å². The molecule has 1 atom stereocenters. The average Bonchev–Trinajstić information content (AvgIpc) is 3.08. The number of nitrogens with zero attached hydrogens (tertiary/aromatic N) is 4. The van der Waals surface area contributed by atoms with Gasteiger partial charge in [0.2, 0.25) is 0 Å². The van der Waals surface area contributed by atoms with Gasteiger partial charge >= 0.3 is 12.2 Å². The summed E-state index contributed by atoms with van der Waals surface area (Å²) in [6.45, 7) is 0.623. The second-order valence-corrected chi connectivity index (χ2v) is 6.18. The molecule has 2 amide bonds. The fourth-order valence-corrected chi connectivity index (χ4v) is 3.63. The van der Waals surface area contributed by atoms with E-state index in [4.69, 9.17) is 9.47 Å². The molecule has 1 saturated heterocycles. The average molecular weight is 368 g/mol. The fourth-order valence-electron chi connectivity index (χ4n) is 3.63. The molecule has 27 heavy (non-hydrogen) atoms. The molecule has 0 aliphatic carbocycles. The lowest BCUT2D eigenvalue weighted by Gasteiger charge is -2.35. The van der Waals surface area contributed by atoms with Crippen molar-refractivity contribution in [1.82, 2.24) is 15.1 Å². The smallest absolute Gasteiger partial charge is 0.450 e. The second-order valence-electron chi connectivity index (χ2n) is 6.18. The summed E-state index contributed by atoms with van der Waals surface area (Å²) in [7, 11) is 2.58. The van der Waals surface area contributed by atoms with Gasteiger partial charge in [-0.2, -0.15) is 15.1 Å². The van der Waals surface area contributed by atoms with Crippen molar-refractivity contribution in [3.63, 3.8) is 0 Å². The zero-order valence-electron chi connectivity index (χ0n) is 15.1. The first-order valence-electron chi connectivity index (χ1n) is 8.62. The number of rotatable bonds is 1. The highest BCUT2D eigenvalue weighted by Crippen LogP contribution is 2.43. The number of hydrogen-bond donors (Lipinski definition) is 0. The number of para-hydroxylation sites is 1. The maximum atomic E-state index is 12.7. The van der Waals surface area contributed by atoms with E-state index in [-0.39, 0.29) is 0 Å². The molecule has 140 valence electrons. The molecule has 0 N–H and O–H groups in total. The van der Waals surface area contributed by atoms with Crippen LogP contribution < -0.4 is 5.12 Å². The third-order valence-corrected chi connectivity index (χ3v) is 4.77. The summed E-state index contributed by atoms with van der Waals surface area (Å²) < 4.78 is 9.97. The predicted molar refractivity (Wildman–Crippen MR) is 97.0 cm³/mol. The second kappa shape index (κ2) is 6.81. The predicted octanol–water partition coefficient (Wildman–Crippen LogP) is 2.95. The van der Waals surface area contributed by atoms with Gasteiger partial charge in [0.05, 0.1) is 19.9 Å². The molecule has 0 radical (unpaired) electrons. The minimum absolute atomic E-state index is 0.512. The highest BCUT2D eigenvalue weighted by atomic mass is 16.6. The molecule has 2 aromatic carbocycles. The van der Waals surface area contributed by atoms with Crippen LogP contribution in [0.4, 0.5) is 15.3 Å². The summed E-state index contributed by atoms with van der Waals surface area (Å²) in [5.74, 6) is 0. The Balaban J connectivity index is 1.90. The van der Waals surface area contributed by atoms with Crippen molar-refractivity contribution in [3.05, 3.63) is 65.7 Å². The molecule has 2 aliphatic heterocycles. The van der Waals surface area contributed by atoms with Gasteiger partial charge in [-0.1, -0.05) is 47.6 Å². The third kappa shape index (κ3) is 2.65. The van der Waals surface area contributed by atoms with Crippen molar-refractivity contribution >= 4 is 17.9 Å². The van der Waals surface area contributed by atoms with Crippen molar-refractivity contribution < 1.29 is 19.1 Å². The Morgan fingerprint density at radius 2 is 1.59 bits per heavy atom. The number of fused-ring (bicyclic) bond motifs is 3. The number of carbonyl (C=O) groups excluding carboxylic acids is 2. The molecular weight excluding hydrogens is 348 g/mol. The van der Waals surface area contributed by atoms with Gasteiger partial charge in [0.1, 0.15) is 0 Å². The molecule has 2 aliphatic rings. The van der Waals surface area contributed by atoms with Crippen LogP contribution >= 0.6 is 0 Å². The molecule has 0 spiro atoms. The fraction of sp³-hybridized carbons (Fsp3) is 0.263. The van der Waals surface area contributed by atoms with Crippen molar-refractivity contribution in [2.45, 2.75) is 12.6 Å². The minimum Gasteiger partial charge on any atom is -0.451 e. The number of hydrogen-bond acceptors (Lipinski definition) is 6. The number of amides is 2. The maximum absolute atomic E-state index is 12.7. The zero-order chi connectivity index (χ0) is 19.0. The molecule has 2 aromatic rings. The highest BCUT2D eigenvalue weighted by molar-refractivity contribution is 5.77. The summed E-state index contributed by atoms with van der Waals surface area (Å²) >= 11 is 0. The van der Waals surface area contributed by atoms with Gasteiger partial charge in [-0.05, 0) is 29.7 Å². The minimum atomic E-state index is -0.684. The van der Waals surface area contributed by atoms with E-state index in [1.807, 2.05) is 59.6 Å². The first-order valence-corrected chi connectivity index (χ1v) is 8.62. The van der Waals surface area contributed by atoms with E-state index in [2.05, 4.69) is 0 Å². The van der Waals surface area contributed by atoms with E-state index in [9.17, 15) is 9.59 Å². The van der Waals surface area contributed by atoms with E-state index in [0.29, 0.717) is 6.54 Å². The standard InChI is InChI=1S/C19H20N4O4/c1-26-18(24)21-17-16-11-7-6-8-14(16)12-13-20(17)22(23(21)19(25)27-2)15-9-4-3-5-10-15/h3-11,17H,12-13H2,1-2H3. The quantitative estimate of drug-likeness (QED) is 0.771. The van der Waals surface area contributed by atoms with Gasteiger partial charge in [-0.15, -0.1) is 0 Å². The largest absolute Gasteiger partial charge is 0.451 e. The van der Waals surface area contributed by atoms with Crippen LogP contribution in [0.2, 0.25) is 0 Å². The van der Waals surface area contributed by atoms with E-state index >= 15 is 0 Å². The van der Waals surface area contributed by atoms with E-state index in [1.165, 1.54) is 24.3 Å². The Morgan fingerprint density at radius 1 is 0.926 bits per heavy atom. The normalized spacial score (nSPS) is 18.7. The van der Waals surface area contributed by atoms with Crippen molar-refractivity contribution in [2.75, 3.05) is 25.9 Å². The number of hydrazine groups is 3. The monoisotopic (exact) mass is 368 g/mol. The Kier molecular flexibility index (Phi) is 4.33. The van der Waals surface area contributed by atoms with E-state index in [1.54, 1.807) is 5.12 Å². The SMILES string of the molecule is COC(=O)N1C2c3ccccc3CCN2N(c2ccccc2)N1C(=O)OC. The van der Waals surface area contributed by atoms with Crippen LogP contribution in [0.15, 0.2) is 54.6 Å². The summed E-state index contributed by atoms with van der Waals surface area (Å²) in [5, 5.41) is 6.11. The van der Waals surface area contributed by atoms with Crippen LogP contribution in [-0.4, -0.2) is 48.1 Å². The number of benzene rings is 2. The van der Waals surface area contributed by atoms with Crippen LogP contribution in [0.3, 0.4) is 0 Å². The summed E-state index contributed by atoms with van der Waals surface area (Å²) in [4.78, 5) is 25.4. The molecule has 8 nitrogen and oxygen atoms in total. The van der Waals surface area contributed by atoms with Gasteiger partial charge in [-0.25, -0.2) is 9.59 Å². The highest BCUT2D eigenvalue weighted by Gasteiger charge is 2.53. The molecule has 0 aromatic heterocycles. The Bertz CT molecular complexity index is 860. The Labute approximate surface area is 157 Å². The molecule has 0 saturated carbocycles. The number of anilines is 1. The lowest BCUT2D eigenvalue weighted by Crippen LogP contribution is -2.52. The maximum Gasteiger partial charge on any atom is 0.450 e. The number of ether oxygens (including phenoxy) is 2. The van der Waals surface area contributed by atoms with Gasteiger partial charge in [0.25, 0.3) is 0 Å². The molecule has 1 unspecified atom stereocenters. The van der Waals surface area contributed by atoms with Crippen molar-refractivity contribution in [2.24, 2.45) is 0 Å². The summed E-state index contributed by atoms with van der Waals surface area (Å²) in [5.41, 5.74) is 2.81. The van der Waals surface area contributed by atoms with Gasteiger partial charge in [0.15, 0.2) is 6.17 Å². The van der Waals surface area contributed by atoms with E-state index in [0.717, 1.165) is 23.2 Å². The molecule has 8 heteroatoms. The van der Waals surface area contributed by atoms with Gasteiger partial charge in [0, 0.05) is 6.54 Å². The van der Waals surface area contributed by atoms with Crippen LogP contribution in [0.1, 0.15) is 17.3 Å². The molecular formula is C19H20N4O4. The summed E-state index contributed by atoms with van der Waals surface area (Å²) in [6, 6.07) is 17.3. The molecule has 4 rings (SSSR count). The van der Waals surface area contributed by atoms with Crippen molar-refractivity contribution in [3.8, 4) is 0 Å². The molecule has 1 fully saturated rings. The molecule has 2 heterocycles. The first-order chi connectivity index (χ1) is 13.2. The zero-order valence-corrected chi connectivity index (χ0v) is 15.1. The lowest BCUT2D eigenvalue weighted by atomic mass is 9.98.